The molecule has 0 bridgehead atoms. The van der Waals surface area contributed by atoms with Gasteiger partial charge >= 0.3 is 0 Å². The number of nitrogens with one attached hydrogen (secondary N) is 1. The topological polar surface area (TPSA) is 12.0 Å². The highest BCUT2D eigenvalue weighted by atomic mass is 19.2. The number of hydrogen-bond acceptors (Lipinski definition) is 1. The van der Waals surface area contributed by atoms with E-state index in [1.54, 1.807) is 0 Å². The maximum atomic E-state index is 13.4. The highest BCUT2D eigenvalue weighted by Crippen LogP contribution is 2.27. The summed E-state index contributed by atoms with van der Waals surface area (Å²) in [6.07, 6.45) is 4.86. The third-order valence-corrected chi connectivity index (χ3v) is 3.97. The Labute approximate surface area is 112 Å². The van der Waals surface area contributed by atoms with E-state index in [9.17, 15) is 13.2 Å². The third kappa shape index (κ3) is 3.96. The van der Waals surface area contributed by atoms with Gasteiger partial charge in [-0.25, -0.2) is 13.2 Å². The number of benzene rings is 1. The summed E-state index contributed by atoms with van der Waals surface area (Å²) in [5.41, 5.74) is 0.183. The molecule has 0 saturated heterocycles. The van der Waals surface area contributed by atoms with E-state index in [-0.39, 0.29) is 12.1 Å². The highest BCUT2D eigenvalue weighted by Gasteiger charge is 2.18. The van der Waals surface area contributed by atoms with Crippen LogP contribution in [-0.4, -0.2) is 6.54 Å². The molecule has 1 fully saturated rings. The average molecular weight is 271 g/mol. The van der Waals surface area contributed by atoms with Crippen molar-refractivity contribution in [1.29, 1.82) is 0 Å². The fourth-order valence-corrected chi connectivity index (χ4v) is 2.64. The Kier molecular flexibility index (Phi) is 4.86. The maximum absolute atomic E-state index is 13.4. The molecule has 0 aromatic heterocycles. The molecule has 0 heterocycles. The maximum Gasteiger partial charge on any atom is 0.161 e. The van der Waals surface area contributed by atoms with Gasteiger partial charge in [-0.3, -0.25) is 0 Å². The fourth-order valence-electron chi connectivity index (χ4n) is 2.64. The molecule has 0 aliphatic heterocycles. The highest BCUT2D eigenvalue weighted by molar-refractivity contribution is 5.19. The van der Waals surface area contributed by atoms with E-state index in [0.717, 1.165) is 18.5 Å². The molecule has 2 rings (SSSR count). The van der Waals surface area contributed by atoms with Crippen LogP contribution in [0.15, 0.2) is 12.1 Å². The van der Waals surface area contributed by atoms with Crippen LogP contribution >= 0.6 is 0 Å². The monoisotopic (exact) mass is 271 g/mol. The first-order valence-electron chi connectivity index (χ1n) is 6.90. The van der Waals surface area contributed by atoms with Crippen molar-refractivity contribution in [2.24, 2.45) is 11.8 Å². The zero-order valence-corrected chi connectivity index (χ0v) is 11.2. The van der Waals surface area contributed by atoms with Crippen LogP contribution in [0.3, 0.4) is 0 Å². The molecule has 4 heteroatoms. The van der Waals surface area contributed by atoms with E-state index in [1.807, 2.05) is 0 Å². The van der Waals surface area contributed by atoms with Crippen LogP contribution in [-0.2, 0) is 6.54 Å². The number of rotatable bonds is 4. The SMILES string of the molecule is CC1CCC(CNCc2cc(F)c(F)cc2F)CC1. The van der Waals surface area contributed by atoms with Gasteiger partial charge < -0.3 is 5.32 Å². The molecular weight excluding hydrogens is 251 g/mol. The van der Waals surface area contributed by atoms with Crippen molar-refractivity contribution in [2.45, 2.75) is 39.2 Å². The summed E-state index contributed by atoms with van der Waals surface area (Å²) in [4.78, 5) is 0. The Hall–Kier alpha value is -1.03. The molecule has 0 unspecified atom stereocenters. The van der Waals surface area contributed by atoms with E-state index in [4.69, 9.17) is 0 Å². The van der Waals surface area contributed by atoms with Crippen LogP contribution in [0.1, 0.15) is 38.2 Å². The quantitative estimate of drug-likeness (QED) is 0.816. The largest absolute Gasteiger partial charge is 0.312 e. The Morgan fingerprint density at radius 3 is 2.32 bits per heavy atom. The van der Waals surface area contributed by atoms with Crippen LogP contribution in [0.2, 0.25) is 0 Å². The van der Waals surface area contributed by atoms with Gasteiger partial charge in [0.1, 0.15) is 5.82 Å². The van der Waals surface area contributed by atoms with Crippen molar-refractivity contribution in [1.82, 2.24) is 5.32 Å². The van der Waals surface area contributed by atoms with Gasteiger partial charge in [0.15, 0.2) is 11.6 Å². The molecule has 1 aliphatic carbocycles. The predicted molar refractivity (Wildman–Crippen MR) is 69.1 cm³/mol. The van der Waals surface area contributed by atoms with Gasteiger partial charge in [-0.05, 0) is 37.3 Å². The Morgan fingerprint density at radius 1 is 1.00 bits per heavy atom. The van der Waals surface area contributed by atoms with Crippen molar-refractivity contribution in [3.05, 3.63) is 35.1 Å². The van der Waals surface area contributed by atoms with Crippen molar-refractivity contribution in [3.8, 4) is 0 Å². The van der Waals surface area contributed by atoms with Gasteiger partial charge in [0.2, 0.25) is 0 Å². The zero-order chi connectivity index (χ0) is 13.8. The van der Waals surface area contributed by atoms with Gasteiger partial charge in [0.25, 0.3) is 0 Å². The summed E-state index contributed by atoms with van der Waals surface area (Å²) in [7, 11) is 0. The summed E-state index contributed by atoms with van der Waals surface area (Å²) in [5, 5.41) is 3.14. The minimum atomic E-state index is -1.14. The molecule has 1 aromatic rings. The fraction of sp³-hybridized carbons (Fsp3) is 0.600. The Morgan fingerprint density at radius 2 is 1.63 bits per heavy atom. The molecule has 19 heavy (non-hydrogen) atoms. The summed E-state index contributed by atoms with van der Waals surface area (Å²) < 4.78 is 39.2. The molecule has 1 aromatic carbocycles. The van der Waals surface area contributed by atoms with Crippen molar-refractivity contribution in [3.63, 3.8) is 0 Å². The molecule has 0 atom stereocenters. The van der Waals surface area contributed by atoms with Crippen molar-refractivity contribution < 1.29 is 13.2 Å². The lowest BCUT2D eigenvalue weighted by Gasteiger charge is -2.26. The van der Waals surface area contributed by atoms with Gasteiger partial charge in [0, 0.05) is 18.2 Å². The van der Waals surface area contributed by atoms with Gasteiger partial charge in [-0.1, -0.05) is 19.8 Å². The van der Waals surface area contributed by atoms with Crippen LogP contribution in [0.25, 0.3) is 0 Å². The van der Waals surface area contributed by atoms with E-state index in [1.165, 1.54) is 25.7 Å². The third-order valence-electron chi connectivity index (χ3n) is 3.97. The molecule has 1 N–H and O–H groups in total. The molecule has 106 valence electrons. The van der Waals surface area contributed by atoms with E-state index in [2.05, 4.69) is 12.2 Å². The second-order valence-corrected chi connectivity index (χ2v) is 5.61. The van der Waals surface area contributed by atoms with Gasteiger partial charge in [-0.2, -0.15) is 0 Å². The lowest BCUT2D eigenvalue weighted by molar-refractivity contribution is 0.281. The average Bonchev–Trinajstić information content (AvgIpc) is 2.38. The second-order valence-electron chi connectivity index (χ2n) is 5.61. The van der Waals surface area contributed by atoms with E-state index in [0.29, 0.717) is 12.0 Å². The van der Waals surface area contributed by atoms with Gasteiger partial charge in [-0.15, -0.1) is 0 Å². The molecular formula is C15H20F3N. The molecule has 1 nitrogen and oxygen atoms in total. The lowest BCUT2D eigenvalue weighted by atomic mass is 9.83. The molecule has 0 radical (unpaired) electrons. The number of hydrogen-bond donors (Lipinski definition) is 1. The predicted octanol–water partition coefficient (Wildman–Crippen LogP) is 4.02. The first-order valence-corrected chi connectivity index (χ1v) is 6.90. The van der Waals surface area contributed by atoms with Crippen LogP contribution in [0.5, 0.6) is 0 Å². The smallest absolute Gasteiger partial charge is 0.161 e. The van der Waals surface area contributed by atoms with Crippen LogP contribution in [0, 0.1) is 29.3 Å². The summed E-state index contributed by atoms with van der Waals surface area (Å²) in [6.45, 7) is 3.32. The summed E-state index contributed by atoms with van der Waals surface area (Å²) in [5.74, 6) is -1.40. The second kappa shape index (κ2) is 6.42. The Balaban J connectivity index is 1.81. The summed E-state index contributed by atoms with van der Waals surface area (Å²) >= 11 is 0. The normalized spacial score (nSPS) is 23.6. The zero-order valence-electron chi connectivity index (χ0n) is 11.2. The van der Waals surface area contributed by atoms with Gasteiger partial charge in [0.05, 0.1) is 0 Å². The first-order chi connectivity index (χ1) is 9.06. The molecule has 0 spiro atoms. The van der Waals surface area contributed by atoms with E-state index < -0.39 is 17.5 Å². The molecule has 1 saturated carbocycles. The minimum Gasteiger partial charge on any atom is -0.312 e. The first kappa shape index (κ1) is 14.4. The summed E-state index contributed by atoms with van der Waals surface area (Å²) in [6, 6.07) is 1.54. The lowest BCUT2D eigenvalue weighted by Crippen LogP contribution is -2.26. The number of halogens is 3. The van der Waals surface area contributed by atoms with E-state index >= 15 is 0 Å². The van der Waals surface area contributed by atoms with Crippen molar-refractivity contribution >= 4 is 0 Å². The van der Waals surface area contributed by atoms with Crippen LogP contribution < -0.4 is 5.32 Å². The minimum absolute atomic E-state index is 0.183. The van der Waals surface area contributed by atoms with Crippen LogP contribution in [0.4, 0.5) is 13.2 Å². The Bertz CT molecular complexity index is 426. The van der Waals surface area contributed by atoms with Crippen molar-refractivity contribution in [2.75, 3.05) is 6.54 Å². The molecule has 1 aliphatic rings. The molecule has 0 amide bonds. The standard InChI is InChI=1S/C15H20F3N/c1-10-2-4-11(5-3-10)8-19-9-12-6-14(17)15(18)7-13(12)16/h6-7,10-11,19H,2-5,8-9H2,1H3.